The highest BCUT2D eigenvalue weighted by atomic mass is 16.4. The van der Waals surface area contributed by atoms with E-state index in [1.54, 1.807) is 6.08 Å². The lowest BCUT2D eigenvalue weighted by Crippen LogP contribution is -2.36. The van der Waals surface area contributed by atoms with E-state index in [-0.39, 0.29) is 5.57 Å². The molecule has 0 radical (unpaired) electrons. The molecule has 0 amide bonds. The highest BCUT2D eigenvalue weighted by Crippen LogP contribution is 2.23. The minimum atomic E-state index is -1.50. The first-order chi connectivity index (χ1) is 12.2. The SMILES string of the molecule is C=C(/C=C/C(=C)C(CC(=O)[O-])C(=O)[O-])C(=C)C(=C)CCCCCCCC. The van der Waals surface area contributed by atoms with Crippen molar-refractivity contribution in [1.29, 1.82) is 0 Å². The number of aliphatic carboxylic acids is 2. The molecule has 0 saturated heterocycles. The van der Waals surface area contributed by atoms with Gasteiger partial charge in [0.25, 0.3) is 0 Å². The summed E-state index contributed by atoms with van der Waals surface area (Å²) < 4.78 is 0. The van der Waals surface area contributed by atoms with Crippen LogP contribution in [0.3, 0.4) is 0 Å². The first-order valence-corrected chi connectivity index (χ1v) is 9.04. The Morgan fingerprint density at radius 2 is 1.50 bits per heavy atom. The number of hydrogen-bond donors (Lipinski definition) is 0. The molecule has 4 nitrogen and oxygen atoms in total. The van der Waals surface area contributed by atoms with Gasteiger partial charge in [0.15, 0.2) is 0 Å². The van der Waals surface area contributed by atoms with E-state index in [2.05, 4.69) is 33.2 Å². The quantitative estimate of drug-likeness (QED) is 0.333. The van der Waals surface area contributed by atoms with Gasteiger partial charge in [0.2, 0.25) is 0 Å². The third kappa shape index (κ3) is 9.82. The minimum Gasteiger partial charge on any atom is -0.550 e. The zero-order chi connectivity index (χ0) is 20.1. The Hall–Kier alpha value is -2.36. The van der Waals surface area contributed by atoms with E-state index < -0.39 is 24.3 Å². The van der Waals surface area contributed by atoms with Gasteiger partial charge in [-0.2, -0.15) is 0 Å². The summed E-state index contributed by atoms with van der Waals surface area (Å²) >= 11 is 0. The van der Waals surface area contributed by atoms with Crippen molar-refractivity contribution in [2.75, 3.05) is 0 Å². The van der Waals surface area contributed by atoms with Gasteiger partial charge in [-0.25, -0.2) is 0 Å². The van der Waals surface area contributed by atoms with Crippen LogP contribution in [0.2, 0.25) is 0 Å². The highest BCUT2D eigenvalue weighted by molar-refractivity contribution is 5.79. The van der Waals surface area contributed by atoms with Crippen molar-refractivity contribution in [3.05, 3.63) is 60.8 Å². The van der Waals surface area contributed by atoms with Crippen molar-refractivity contribution in [1.82, 2.24) is 0 Å². The lowest BCUT2D eigenvalue weighted by molar-refractivity contribution is -0.319. The van der Waals surface area contributed by atoms with Gasteiger partial charge in [-0.05, 0) is 41.6 Å². The predicted molar refractivity (Wildman–Crippen MR) is 102 cm³/mol. The number of carbonyl (C=O) groups is 2. The van der Waals surface area contributed by atoms with Crippen LogP contribution in [-0.4, -0.2) is 11.9 Å². The van der Waals surface area contributed by atoms with E-state index in [4.69, 9.17) is 0 Å². The van der Waals surface area contributed by atoms with Crippen molar-refractivity contribution in [2.24, 2.45) is 5.92 Å². The minimum absolute atomic E-state index is 0.115. The van der Waals surface area contributed by atoms with E-state index in [0.29, 0.717) is 11.1 Å². The van der Waals surface area contributed by atoms with Crippen molar-refractivity contribution in [3.63, 3.8) is 0 Å². The molecule has 1 unspecified atom stereocenters. The Morgan fingerprint density at radius 1 is 0.923 bits per heavy atom. The fourth-order valence-corrected chi connectivity index (χ4v) is 2.45. The first kappa shape index (κ1) is 23.6. The van der Waals surface area contributed by atoms with Crippen LogP contribution in [0.15, 0.2) is 60.8 Å². The molecule has 0 rings (SSSR count). The summed E-state index contributed by atoms with van der Waals surface area (Å²) in [5, 5.41) is 21.7. The molecule has 0 bridgehead atoms. The predicted octanol–water partition coefficient (Wildman–Crippen LogP) is 3.02. The summed E-state index contributed by atoms with van der Waals surface area (Å²) in [4.78, 5) is 21.7. The summed E-state index contributed by atoms with van der Waals surface area (Å²) in [6, 6.07) is 0. The number of hydrogen-bond acceptors (Lipinski definition) is 4. The van der Waals surface area contributed by atoms with E-state index >= 15 is 0 Å². The Bertz CT molecular complexity index is 581. The van der Waals surface area contributed by atoms with Crippen LogP contribution in [-0.2, 0) is 9.59 Å². The molecular formula is C22H30O4-2. The first-order valence-electron chi connectivity index (χ1n) is 9.04. The third-order valence-electron chi connectivity index (χ3n) is 4.25. The molecule has 0 aliphatic heterocycles. The van der Waals surface area contributed by atoms with Crippen LogP contribution < -0.4 is 10.2 Å². The number of carboxylic acid groups (broad SMARTS) is 2. The van der Waals surface area contributed by atoms with Crippen molar-refractivity contribution in [2.45, 2.75) is 58.3 Å². The Morgan fingerprint density at radius 3 is 2.04 bits per heavy atom. The molecule has 0 fully saturated rings. The lowest BCUT2D eigenvalue weighted by atomic mass is 9.93. The monoisotopic (exact) mass is 358 g/mol. The van der Waals surface area contributed by atoms with Crippen LogP contribution in [0.1, 0.15) is 58.3 Å². The summed E-state index contributed by atoms with van der Waals surface area (Å²) in [7, 11) is 0. The topological polar surface area (TPSA) is 80.3 Å². The van der Waals surface area contributed by atoms with Gasteiger partial charge in [-0.15, -0.1) is 0 Å². The molecule has 1 atom stereocenters. The second kappa shape index (κ2) is 12.9. The zero-order valence-corrected chi connectivity index (χ0v) is 15.9. The van der Waals surface area contributed by atoms with E-state index in [1.165, 1.54) is 31.8 Å². The Labute approximate surface area is 157 Å². The standard InChI is InChI=1S/C22H32O4/c1-6-7-8-9-10-11-12-16(2)19(5)17(3)13-14-18(4)20(22(25)26)15-21(23)24/h13-14,20H,2-12,15H2,1H3,(H,23,24)(H,25,26)/p-2/b14-13+. The molecule has 144 valence electrons. The average Bonchev–Trinajstić information content (AvgIpc) is 2.58. The fourth-order valence-electron chi connectivity index (χ4n) is 2.45. The van der Waals surface area contributed by atoms with Gasteiger partial charge in [-0.3, -0.25) is 0 Å². The normalized spacial score (nSPS) is 11.9. The number of rotatable bonds is 15. The summed E-state index contributed by atoms with van der Waals surface area (Å²) in [6.07, 6.45) is 10.3. The van der Waals surface area contributed by atoms with E-state index in [1.807, 2.05) is 0 Å². The molecule has 0 aromatic heterocycles. The van der Waals surface area contributed by atoms with Gasteiger partial charge >= 0.3 is 0 Å². The van der Waals surface area contributed by atoms with Crippen LogP contribution in [0.25, 0.3) is 0 Å². The Balaban J connectivity index is 4.50. The molecule has 0 heterocycles. The van der Waals surface area contributed by atoms with Crippen LogP contribution in [0.4, 0.5) is 0 Å². The second-order valence-electron chi connectivity index (χ2n) is 6.48. The molecule has 0 aromatic rings. The highest BCUT2D eigenvalue weighted by Gasteiger charge is 2.12. The smallest absolute Gasteiger partial charge is 0.0492 e. The maximum Gasteiger partial charge on any atom is 0.0492 e. The fraction of sp³-hybridized carbons (Fsp3) is 0.455. The molecular weight excluding hydrogens is 328 g/mol. The number of carbonyl (C=O) groups excluding carboxylic acids is 2. The summed E-state index contributed by atoms with van der Waals surface area (Å²) in [5.74, 6) is -4.30. The van der Waals surface area contributed by atoms with Gasteiger partial charge in [0.1, 0.15) is 0 Å². The van der Waals surface area contributed by atoms with Crippen molar-refractivity contribution < 1.29 is 19.8 Å². The molecule has 4 heteroatoms. The van der Waals surface area contributed by atoms with Crippen molar-refractivity contribution in [3.8, 4) is 0 Å². The van der Waals surface area contributed by atoms with Crippen LogP contribution in [0.5, 0.6) is 0 Å². The largest absolute Gasteiger partial charge is 0.550 e. The number of allylic oxidation sites excluding steroid dienone is 5. The molecule has 0 aliphatic rings. The summed E-state index contributed by atoms with van der Waals surface area (Å²) in [6.45, 7) is 17.7. The lowest BCUT2D eigenvalue weighted by Gasteiger charge is -2.19. The molecule has 26 heavy (non-hydrogen) atoms. The molecule has 0 aliphatic carbocycles. The second-order valence-corrected chi connectivity index (χ2v) is 6.48. The molecule has 0 saturated carbocycles. The van der Waals surface area contributed by atoms with Crippen LogP contribution >= 0.6 is 0 Å². The maximum atomic E-state index is 11.0. The third-order valence-corrected chi connectivity index (χ3v) is 4.25. The Kier molecular flexibility index (Phi) is 11.8. The van der Waals surface area contributed by atoms with E-state index in [0.717, 1.165) is 24.8 Å². The van der Waals surface area contributed by atoms with Crippen molar-refractivity contribution >= 4 is 11.9 Å². The maximum absolute atomic E-state index is 11.0. The average molecular weight is 358 g/mol. The molecule has 0 spiro atoms. The van der Waals surface area contributed by atoms with Crippen LogP contribution in [0, 0.1) is 5.92 Å². The van der Waals surface area contributed by atoms with Gasteiger partial charge in [0.05, 0.1) is 0 Å². The van der Waals surface area contributed by atoms with E-state index in [9.17, 15) is 19.8 Å². The van der Waals surface area contributed by atoms with Gasteiger partial charge < -0.3 is 19.8 Å². The number of unbranched alkanes of at least 4 members (excludes halogenated alkanes) is 5. The molecule has 0 N–H and O–H groups in total. The number of carboxylic acids is 2. The molecule has 0 aromatic carbocycles. The zero-order valence-electron chi connectivity index (χ0n) is 15.9. The summed E-state index contributed by atoms with van der Waals surface area (Å²) in [5.41, 5.74) is 2.30. The van der Waals surface area contributed by atoms with Gasteiger partial charge in [-0.1, -0.05) is 77.5 Å². The van der Waals surface area contributed by atoms with Gasteiger partial charge in [0, 0.05) is 17.9 Å².